The second-order valence-corrected chi connectivity index (χ2v) is 8.91. The van der Waals surface area contributed by atoms with Crippen LogP contribution in [-0.4, -0.2) is 6.26 Å². The summed E-state index contributed by atoms with van der Waals surface area (Å²) >= 11 is 2.24. The molecule has 0 aromatic carbocycles. The van der Waals surface area contributed by atoms with Crippen molar-refractivity contribution in [1.82, 2.24) is 0 Å². The molecule has 0 aliphatic rings. The second-order valence-electron chi connectivity index (χ2n) is 0.406. The van der Waals surface area contributed by atoms with Gasteiger partial charge in [0.1, 0.15) is 0 Å². The van der Waals surface area contributed by atoms with E-state index in [4.69, 9.17) is 0 Å². The summed E-state index contributed by atoms with van der Waals surface area (Å²) in [6, 6.07) is 0. The molecule has 0 rings (SSSR count). The van der Waals surface area contributed by atoms with Crippen LogP contribution in [0.1, 0.15) is 0 Å². The summed E-state index contributed by atoms with van der Waals surface area (Å²) in [5.74, 6) is 0. The third-order valence-corrected chi connectivity index (χ3v) is 0. The minimum atomic E-state index is 0.303. The molecule has 0 fully saturated rings. The van der Waals surface area contributed by atoms with E-state index >= 15 is 0 Å². The van der Waals surface area contributed by atoms with Gasteiger partial charge in [0.05, 0.1) is 0 Å². The molecule has 0 radical (unpaired) electrons. The van der Waals surface area contributed by atoms with Gasteiger partial charge in [-0.1, -0.05) is 0 Å². The summed E-state index contributed by atoms with van der Waals surface area (Å²) in [4.78, 5) is 0. The van der Waals surface area contributed by atoms with Crippen LogP contribution in [0.25, 0.3) is 0 Å². The van der Waals surface area contributed by atoms with Crippen molar-refractivity contribution in [2.45, 2.75) is 0 Å². The van der Waals surface area contributed by atoms with Gasteiger partial charge in [0.2, 0.25) is 0 Å². The van der Waals surface area contributed by atoms with Crippen LogP contribution in [0.5, 0.6) is 0 Å². The van der Waals surface area contributed by atoms with Crippen molar-refractivity contribution in [2.75, 3.05) is 6.26 Å². The Morgan fingerprint density at radius 2 is 2.00 bits per heavy atom. The monoisotopic (exact) mass is 205 g/mol. The summed E-state index contributed by atoms with van der Waals surface area (Å²) in [7, 11) is 4.28. The first-order valence-electron chi connectivity index (χ1n) is 0.745. The summed E-state index contributed by atoms with van der Waals surface area (Å²) in [6.45, 7) is 0. The quantitative estimate of drug-likeness (QED) is 0.322. The molecule has 0 heterocycles. The number of hydrogen-bond donors (Lipinski definition) is 0. The molecule has 4 heavy (non-hydrogen) atoms. The summed E-state index contributed by atoms with van der Waals surface area (Å²) < 4.78 is 0. The molecular weight excluding hydrogens is 202 g/mol. The molecule has 0 atom stereocenters. The molecule has 0 aromatic rings. The normalized spacial score (nSPS) is 8.50. The molecule has 26 valence electrons. The third-order valence-electron chi connectivity index (χ3n) is 0. The molecule has 0 aliphatic carbocycles. The molecule has 3 heteroatoms. The first kappa shape index (κ1) is 5.51. The maximum atomic E-state index is 3.98. The van der Waals surface area contributed by atoms with Crippen LogP contribution < -0.4 is 0 Å². The molecular formula is CH3IPS-. The van der Waals surface area contributed by atoms with Gasteiger partial charge in [-0.2, -0.15) is 0 Å². The Bertz CT molecular complexity index is 54.2. The SMILES string of the molecule is C[S-](#P)I. The van der Waals surface area contributed by atoms with E-state index in [9.17, 15) is 0 Å². The van der Waals surface area contributed by atoms with Crippen LogP contribution >= 0.6 is 29.0 Å². The molecule has 0 amide bonds. The fourth-order valence-electron chi connectivity index (χ4n) is 0. The maximum absolute atomic E-state index is 3.98. The standard InChI is InChI=1S/CH3IPS/c1-4(2)3/h1H3/q-1. The first-order chi connectivity index (χ1) is 1.73. The predicted octanol–water partition coefficient (Wildman–Crippen LogP) is 1.91. The molecule has 0 unspecified atom stereocenters. The minimum absolute atomic E-state index is 0.303. The molecule has 0 aromatic heterocycles. The topological polar surface area (TPSA) is 0 Å². The first-order valence-corrected chi connectivity index (χ1v) is 5.97. The molecule has 0 bridgehead atoms. The van der Waals surface area contributed by atoms with Crippen molar-refractivity contribution in [3.63, 3.8) is 0 Å². The van der Waals surface area contributed by atoms with Crippen molar-refractivity contribution in [3.05, 3.63) is 0 Å². The van der Waals surface area contributed by atoms with E-state index in [1.165, 1.54) is 0 Å². The van der Waals surface area contributed by atoms with Crippen molar-refractivity contribution in [2.24, 2.45) is 0 Å². The molecule has 0 saturated heterocycles. The summed E-state index contributed by atoms with van der Waals surface area (Å²) in [5.41, 5.74) is 0. The van der Waals surface area contributed by atoms with Gasteiger partial charge in [0, 0.05) is 0 Å². The van der Waals surface area contributed by atoms with E-state index in [2.05, 4.69) is 29.0 Å². The van der Waals surface area contributed by atoms with Crippen LogP contribution in [0.3, 0.4) is 0 Å². The van der Waals surface area contributed by atoms with Gasteiger partial charge >= 0.3 is 42.3 Å². The Labute approximate surface area is 42.3 Å². The fourth-order valence-corrected chi connectivity index (χ4v) is 0. The van der Waals surface area contributed by atoms with Crippen LogP contribution in [0, 0.1) is 0 Å². The van der Waals surface area contributed by atoms with Crippen LogP contribution in [0.4, 0.5) is 0 Å². The van der Waals surface area contributed by atoms with Crippen LogP contribution in [-0.2, 0) is 7.04 Å². The molecule has 0 nitrogen and oxygen atoms in total. The van der Waals surface area contributed by atoms with Gasteiger partial charge in [-0.05, 0) is 0 Å². The average molecular weight is 205 g/mol. The number of rotatable bonds is 0. The zero-order valence-electron chi connectivity index (χ0n) is 2.23. The predicted molar refractivity (Wildman–Crippen MR) is 34.2 cm³/mol. The molecule has 0 N–H and O–H groups in total. The van der Waals surface area contributed by atoms with Gasteiger partial charge in [0.15, 0.2) is 0 Å². The Morgan fingerprint density at radius 3 is 2.00 bits per heavy atom. The van der Waals surface area contributed by atoms with Gasteiger partial charge in [-0.15, -0.1) is 0 Å². The summed E-state index contributed by atoms with van der Waals surface area (Å²) in [5, 5.41) is 0. The zero-order chi connectivity index (χ0) is 3.58. The van der Waals surface area contributed by atoms with Gasteiger partial charge < -0.3 is 0 Å². The average Bonchev–Trinajstić information content (AvgIpc) is 0.811. The van der Waals surface area contributed by atoms with E-state index in [0.29, 0.717) is 7.04 Å². The zero-order valence-corrected chi connectivity index (χ0v) is 6.10. The molecule has 0 saturated carbocycles. The van der Waals surface area contributed by atoms with Gasteiger partial charge in [0.25, 0.3) is 0 Å². The Hall–Kier alpha value is 1.51. The molecule has 0 spiro atoms. The van der Waals surface area contributed by atoms with E-state index in [-0.39, 0.29) is 0 Å². The Morgan fingerprint density at radius 1 is 2.00 bits per heavy atom. The number of hydrogen-bond acceptors (Lipinski definition) is 1. The van der Waals surface area contributed by atoms with E-state index in [0.717, 1.165) is 0 Å². The fraction of sp³-hybridized carbons (Fsp3) is 1.00. The number of halogens is 1. The van der Waals surface area contributed by atoms with E-state index < -0.39 is 0 Å². The van der Waals surface area contributed by atoms with Gasteiger partial charge in [-0.3, -0.25) is 0 Å². The van der Waals surface area contributed by atoms with Crippen LogP contribution in [0.15, 0.2) is 0 Å². The second kappa shape index (κ2) is 2.73. The third kappa shape index (κ3) is 9.70. The molecule has 0 aliphatic heterocycles. The van der Waals surface area contributed by atoms with Crippen molar-refractivity contribution in [1.29, 1.82) is 0 Å². The summed E-state index contributed by atoms with van der Waals surface area (Å²) in [6.07, 6.45) is 2.05. The van der Waals surface area contributed by atoms with E-state index in [1.807, 2.05) is 6.26 Å². The van der Waals surface area contributed by atoms with Crippen LogP contribution in [0.2, 0.25) is 0 Å². The van der Waals surface area contributed by atoms with Crippen molar-refractivity contribution >= 4 is 36.1 Å². The van der Waals surface area contributed by atoms with E-state index in [1.54, 1.807) is 0 Å². The van der Waals surface area contributed by atoms with Gasteiger partial charge in [-0.25, -0.2) is 0 Å². The van der Waals surface area contributed by atoms with Crippen molar-refractivity contribution < 1.29 is 0 Å². The van der Waals surface area contributed by atoms with Crippen molar-refractivity contribution in [3.8, 4) is 0 Å². The Balaban J connectivity index is 3.02. The Kier molecular flexibility index (Phi) is 3.76.